The highest BCUT2D eigenvalue weighted by atomic mass is 16.5. The van der Waals surface area contributed by atoms with E-state index in [2.05, 4.69) is 22.2 Å². The maximum absolute atomic E-state index is 12.5. The molecule has 1 aromatic carbocycles. The maximum Gasteiger partial charge on any atom is 0.308 e. The van der Waals surface area contributed by atoms with Crippen molar-refractivity contribution in [3.8, 4) is 11.6 Å². The topological polar surface area (TPSA) is 88.4 Å². The zero-order chi connectivity index (χ0) is 25.6. The molecule has 1 aliphatic rings. The lowest BCUT2D eigenvalue weighted by atomic mass is 9.96. The molecule has 0 aliphatic heterocycles. The van der Waals surface area contributed by atoms with Crippen LogP contribution in [0.3, 0.4) is 0 Å². The molecular formula is C29H32N4O4. The number of esters is 1. The normalized spacial score (nSPS) is 13.7. The van der Waals surface area contributed by atoms with Gasteiger partial charge in [-0.25, -0.2) is 4.98 Å². The van der Waals surface area contributed by atoms with E-state index in [4.69, 9.17) is 19.2 Å². The molecule has 8 nitrogen and oxygen atoms in total. The van der Waals surface area contributed by atoms with Crippen LogP contribution in [0.1, 0.15) is 54.7 Å². The summed E-state index contributed by atoms with van der Waals surface area (Å²) in [6.45, 7) is 2.64. The van der Waals surface area contributed by atoms with Gasteiger partial charge in [0.15, 0.2) is 0 Å². The van der Waals surface area contributed by atoms with Crippen molar-refractivity contribution in [2.24, 2.45) is 0 Å². The number of hydrogen-bond donors (Lipinski definition) is 0. The molecule has 5 rings (SSSR count). The molecule has 0 N–H and O–H groups in total. The molecule has 0 bridgehead atoms. The van der Waals surface area contributed by atoms with Crippen LogP contribution < -0.4 is 9.47 Å². The second-order valence-corrected chi connectivity index (χ2v) is 9.15. The number of pyridine rings is 2. The molecule has 0 saturated carbocycles. The molecule has 192 valence electrons. The van der Waals surface area contributed by atoms with Gasteiger partial charge in [-0.15, -0.1) is 0 Å². The third-order valence-electron chi connectivity index (χ3n) is 6.77. The highest BCUT2D eigenvalue weighted by molar-refractivity contribution is 5.85. The summed E-state index contributed by atoms with van der Waals surface area (Å²) in [5.41, 5.74) is 5.40. The SMILES string of the molecule is CCOC(=O)CC(c1ccc(OC)nc1)n1ncc2c(OCCc3ccc4c(n3)CCCC4)cccc21. The number of methoxy groups -OCH3 is 1. The standard InChI is InChI=1S/C29H32N4O4/c1-3-36-29(34)17-26(21-12-14-28(35-2)30-18-21)33-25-9-6-10-27(23(25)19-31-33)37-16-15-22-13-11-20-7-4-5-8-24(20)32-22/h6,9-14,18-19,26H,3-5,7-8,15-17H2,1-2H3. The number of ether oxygens (including phenoxy) is 3. The summed E-state index contributed by atoms with van der Waals surface area (Å²) in [7, 11) is 1.57. The van der Waals surface area contributed by atoms with Gasteiger partial charge in [0.1, 0.15) is 5.75 Å². The van der Waals surface area contributed by atoms with Gasteiger partial charge in [-0.05, 0) is 68.0 Å². The van der Waals surface area contributed by atoms with Crippen LogP contribution in [0.25, 0.3) is 10.9 Å². The first-order valence-corrected chi connectivity index (χ1v) is 12.9. The molecule has 3 heterocycles. The van der Waals surface area contributed by atoms with E-state index in [1.807, 2.05) is 28.9 Å². The minimum absolute atomic E-state index is 0.133. The van der Waals surface area contributed by atoms with Crippen LogP contribution in [0.4, 0.5) is 0 Å². The minimum atomic E-state index is -0.384. The van der Waals surface area contributed by atoms with E-state index in [9.17, 15) is 4.79 Å². The number of benzene rings is 1. The third kappa shape index (κ3) is 5.58. The number of rotatable bonds is 10. The van der Waals surface area contributed by atoms with Crippen molar-refractivity contribution in [1.82, 2.24) is 19.7 Å². The van der Waals surface area contributed by atoms with Crippen LogP contribution in [0, 0.1) is 0 Å². The molecule has 3 aromatic heterocycles. The Hall–Kier alpha value is -3.94. The number of carbonyl (C=O) groups is 1. The lowest BCUT2D eigenvalue weighted by Gasteiger charge is -2.19. The van der Waals surface area contributed by atoms with Crippen LogP contribution in [-0.4, -0.2) is 46.0 Å². The fourth-order valence-corrected chi connectivity index (χ4v) is 4.88. The van der Waals surface area contributed by atoms with E-state index in [0.29, 0.717) is 19.1 Å². The van der Waals surface area contributed by atoms with Gasteiger partial charge >= 0.3 is 5.97 Å². The number of aromatic nitrogens is 4. The summed E-state index contributed by atoms with van der Waals surface area (Å²) in [5, 5.41) is 5.55. The predicted octanol–water partition coefficient (Wildman–Crippen LogP) is 4.88. The summed E-state index contributed by atoms with van der Waals surface area (Å²) in [6.07, 6.45) is 9.04. The van der Waals surface area contributed by atoms with Crippen LogP contribution >= 0.6 is 0 Å². The Bertz CT molecular complexity index is 1370. The van der Waals surface area contributed by atoms with Gasteiger partial charge in [0.05, 0.1) is 49.9 Å². The third-order valence-corrected chi connectivity index (χ3v) is 6.77. The Labute approximate surface area is 216 Å². The fraction of sp³-hybridized carbons (Fsp3) is 0.379. The van der Waals surface area contributed by atoms with Crippen molar-refractivity contribution in [2.45, 2.75) is 51.5 Å². The summed E-state index contributed by atoms with van der Waals surface area (Å²) < 4.78 is 18.5. The van der Waals surface area contributed by atoms with Crippen molar-refractivity contribution in [3.63, 3.8) is 0 Å². The van der Waals surface area contributed by atoms with Gasteiger partial charge in [0.2, 0.25) is 5.88 Å². The Kier molecular flexibility index (Phi) is 7.63. The molecule has 1 aliphatic carbocycles. The zero-order valence-corrected chi connectivity index (χ0v) is 21.4. The lowest BCUT2D eigenvalue weighted by Crippen LogP contribution is -2.18. The smallest absolute Gasteiger partial charge is 0.308 e. The molecule has 0 saturated heterocycles. The van der Waals surface area contributed by atoms with Gasteiger partial charge < -0.3 is 14.2 Å². The Balaban J connectivity index is 1.36. The van der Waals surface area contributed by atoms with Crippen LogP contribution in [0.5, 0.6) is 11.6 Å². The minimum Gasteiger partial charge on any atom is -0.492 e. The van der Waals surface area contributed by atoms with E-state index in [1.54, 1.807) is 32.5 Å². The van der Waals surface area contributed by atoms with Gasteiger partial charge in [0, 0.05) is 30.1 Å². The Morgan fingerprint density at radius 1 is 1.08 bits per heavy atom. The Morgan fingerprint density at radius 2 is 1.97 bits per heavy atom. The van der Waals surface area contributed by atoms with Crippen molar-refractivity contribution >= 4 is 16.9 Å². The second-order valence-electron chi connectivity index (χ2n) is 9.15. The van der Waals surface area contributed by atoms with Crippen molar-refractivity contribution in [2.75, 3.05) is 20.3 Å². The molecule has 1 atom stereocenters. The zero-order valence-electron chi connectivity index (χ0n) is 21.4. The average molecular weight is 501 g/mol. The van der Waals surface area contributed by atoms with Gasteiger partial charge in [0.25, 0.3) is 0 Å². The molecular weight excluding hydrogens is 468 g/mol. The van der Waals surface area contributed by atoms with Crippen LogP contribution in [-0.2, 0) is 28.8 Å². The van der Waals surface area contributed by atoms with Gasteiger partial charge in [-0.3, -0.25) is 14.5 Å². The van der Waals surface area contributed by atoms with E-state index >= 15 is 0 Å². The first-order valence-electron chi connectivity index (χ1n) is 12.9. The molecule has 0 spiro atoms. The largest absolute Gasteiger partial charge is 0.492 e. The van der Waals surface area contributed by atoms with Crippen LogP contribution in [0.2, 0.25) is 0 Å². The number of nitrogens with zero attached hydrogens (tertiary/aromatic N) is 4. The first kappa shape index (κ1) is 24.7. The highest BCUT2D eigenvalue weighted by Gasteiger charge is 2.23. The molecule has 8 heteroatoms. The maximum atomic E-state index is 12.5. The first-order chi connectivity index (χ1) is 18.2. The van der Waals surface area contributed by atoms with E-state index < -0.39 is 0 Å². The number of carbonyl (C=O) groups excluding carboxylic acids is 1. The monoisotopic (exact) mass is 500 g/mol. The Morgan fingerprint density at radius 3 is 2.78 bits per heavy atom. The summed E-state index contributed by atoms with van der Waals surface area (Å²) in [4.78, 5) is 21.7. The molecule has 1 unspecified atom stereocenters. The van der Waals surface area contributed by atoms with Gasteiger partial charge in [-0.1, -0.05) is 12.1 Å². The number of hydrogen-bond acceptors (Lipinski definition) is 7. The van der Waals surface area contributed by atoms with Crippen molar-refractivity contribution in [3.05, 3.63) is 77.4 Å². The van der Waals surface area contributed by atoms with Crippen molar-refractivity contribution in [1.29, 1.82) is 0 Å². The summed E-state index contributed by atoms with van der Waals surface area (Å²) >= 11 is 0. The predicted molar refractivity (Wildman–Crippen MR) is 140 cm³/mol. The number of fused-ring (bicyclic) bond motifs is 2. The van der Waals surface area contributed by atoms with Crippen LogP contribution in [0.15, 0.2) is 54.9 Å². The number of aryl methyl sites for hydroxylation is 2. The molecule has 0 amide bonds. The van der Waals surface area contributed by atoms with E-state index in [-0.39, 0.29) is 18.4 Å². The second kappa shape index (κ2) is 11.4. The molecule has 4 aromatic rings. The molecule has 0 fully saturated rings. The fourth-order valence-electron chi connectivity index (χ4n) is 4.88. The quantitative estimate of drug-likeness (QED) is 0.287. The summed E-state index contributed by atoms with van der Waals surface area (Å²) in [5.74, 6) is 0.967. The lowest BCUT2D eigenvalue weighted by molar-refractivity contribution is -0.143. The highest BCUT2D eigenvalue weighted by Crippen LogP contribution is 2.31. The molecule has 37 heavy (non-hydrogen) atoms. The van der Waals surface area contributed by atoms with E-state index in [0.717, 1.165) is 47.2 Å². The van der Waals surface area contributed by atoms with E-state index in [1.165, 1.54) is 24.1 Å². The summed E-state index contributed by atoms with van der Waals surface area (Å²) in [6, 6.07) is 13.5. The average Bonchev–Trinajstić information content (AvgIpc) is 3.37. The van der Waals surface area contributed by atoms with Crippen molar-refractivity contribution < 1.29 is 19.0 Å². The van der Waals surface area contributed by atoms with Gasteiger partial charge in [-0.2, -0.15) is 5.10 Å². The molecule has 0 radical (unpaired) electrons.